The topological polar surface area (TPSA) is 151 Å². The second-order valence-corrected chi connectivity index (χ2v) is 15.0. The zero-order valence-electron chi connectivity index (χ0n) is 31.1. The van der Waals surface area contributed by atoms with E-state index in [0.717, 1.165) is 71.7 Å². The third kappa shape index (κ3) is 7.91. The van der Waals surface area contributed by atoms with E-state index >= 15 is 0 Å². The van der Waals surface area contributed by atoms with Crippen LogP contribution in [0.1, 0.15) is 91.0 Å². The van der Waals surface area contributed by atoms with Crippen LogP contribution in [-0.2, 0) is 9.59 Å². The molecule has 6 rings (SSSR count). The van der Waals surface area contributed by atoms with Crippen LogP contribution in [0.4, 0.5) is 4.79 Å². The molecule has 3 amide bonds. The van der Waals surface area contributed by atoms with Crippen LogP contribution < -0.4 is 5.32 Å². The molecule has 276 valence electrons. The van der Waals surface area contributed by atoms with Crippen molar-refractivity contribution in [3.63, 3.8) is 0 Å². The van der Waals surface area contributed by atoms with Gasteiger partial charge in [-0.15, -0.1) is 0 Å². The molecule has 2 aliphatic rings. The number of hydrogen-bond donors (Lipinski definition) is 4. The van der Waals surface area contributed by atoms with Crippen LogP contribution >= 0.6 is 0 Å². The minimum absolute atomic E-state index is 0.0379. The molecule has 0 bridgehead atoms. The van der Waals surface area contributed by atoms with Gasteiger partial charge in [0.25, 0.3) is 0 Å². The molecular formula is C40H52N8O4. The number of aromatic nitrogens is 4. The highest BCUT2D eigenvalue weighted by Gasteiger charge is 2.37. The van der Waals surface area contributed by atoms with Crippen molar-refractivity contribution < 1.29 is 19.5 Å². The van der Waals surface area contributed by atoms with E-state index in [-0.39, 0.29) is 29.8 Å². The van der Waals surface area contributed by atoms with Crippen molar-refractivity contribution >= 4 is 17.9 Å². The van der Waals surface area contributed by atoms with E-state index < -0.39 is 12.1 Å². The van der Waals surface area contributed by atoms with Gasteiger partial charge >= 0.3 is 6.09 Å². The van der Waals surface area contributed by atoms with E-state index in [2.05, 4.69) is 101 Å². The lowest BCUT2D eigenvalue weighted by Gasteiger charge is -2.32. The number of rotatable bonds is 12. The summed E-state index contributed by atoms with van der Waals surface area (Å²) in [6, 6.07) is 16.2. The van der Waals surface area contributed by atoms with Gasteiger partial charge < -0.3 is 30.2 Å². The molecule has 0 radical (unpaired) electrons. The van der Waals surface area contributed by atoms with Gasteiger partial charge in [0.1, 0.15) is 17.7 Å². The number of benzene rings is 2. The van der Waals surface area contributed by atoms with E-state index in [1.807, 2.05) is 24.9 Å². The van der Waals surface area contributed by atoms with Gasteiger partial charge in [-0.25, -0.2) is 14.8 Å². The molecule has 4 N–H and O–H groups in total. The summed E-state index contributed by atoms with van der Waals surface area (Å²) in [5, 5.41) is 11.7. The highest BCUT2D eigenvalue weighted by atomic mass is 16.4. The molecule has 3 atom stereocenters. The van der Waals surface area contributed by atoms with E-state index in [0.29, 0.717) is 31.0 Å². The Balaban J connectivity index is 1.10. The second kappa shape index (κ2) is 15.7. The van der Waals surface area contributed by atoms with Crippen molar-refractivity contribution in [2.75, 3.05) is 19.6 Å². The minimum Gasteiger partial charge on any atom is -0.465 e. The number of nitrogens with zero attached hydrogens (tertiary/aromatic N) is 5. The number of aromatic amines is 2. The zero-order valence-corrected chi connectivity index (χ0v) is 31.1. The Bertz CT molecular complexity index is 1840. The zero-order chi connectivity index (χ0) is 37.1. The lowest BCUT2D eigenvalue weighted by Crippen LogP contribution is -2.50. The summed E-state index contributed by atoms with van der Waals surface area (Å²) in [6.45, 7) is 14.0. The van der Waals surface area contributed by atoms with Crippen LogP contribution in [0.15, 0.2) is 60.9 Å². The molecule has 4 heterocycles. The SMILES string of the molecule is CC(C)[C@H](NC(=O)O)C(=O)N1CCC[C@H]1c1ncc(-c2ccc(-c3ccc(-c4cnc([C@@H]5CCCN5C(=O)CN(C(C)C)C(C)C)[nH]4)cc3)cc2)[nH]1. The monoisotopic (exact) mass is 708 g/mol. The normalized spacial score (nSPS) is 18.3. The van der Waals surface area contributed by atoms with Gasteiger partial charge in [0, 0.05) is 25.2 Å². The van der Waals surface area contributed by atoms with Crippen molar-refractivity contribution in [1.29, 1.82) is 0 Å². The van der Waals surface area contributed by atoms with Crippen LogP contribution in [0.25, 0.3) is 33.6 Å². The predicted octanol–water partition coefficient (Wildman–Crippen LogP) is 6.87. The van der Waals surface area contributed by atoms with Gasteiger partial charge in [0.05, 0.1) is 42.4 Å². The Kier molecular flexibility index (Phi) is 11.1. The van der Waals surface area contributed by atoms with E-state index in [4.69, 9.17) is 4.98 Å². The first kappa shape index (κ1) is 36.8. The number of carboxylic acid groups (broad SMARTS) is 1. The molecule has 2 saturated heterocycles. The van der Waals surface area contributed by atoms with Crippen LogP contribution in [0.5, 0.6) is 0 Å². The van der Waals surface area contributed by atoms with E-state index in [9.17, 15) is 19.5 Å². The van der Waals surface area contributed by atoms with E-state index in [1.54, 1.807) is 11.1 Å². The fraction of sp³-hybridized carbons (Fsp3) is 0.475. The molecule has 12 nitrogen and oxygen atoms in total. The van der Waals surface area contributed by atoms with Gasteiger partial charge in [0.15, 0.2) is 0 Å². The molecule has 0 saturated carbocycles. The molecule has 0 unspecified atom stereocenters. The van der Waals surface area contributed by atoms with Crippen molar-refractivity contribution in [1.82, 2.24) is 40.0 Å². The first-order valence-corrected chi connectivity index (χ1v) is 18.6. The van der Waals surface area contributed by atoms with Crippen molar-refractivity contribution in [2.45, 2.75) is 97.4 Å². The largest absolute Gasteiger partial charge is 0.465 e. The maximum atomic E-state index is 13.4. The second-order valence-electron chi connectivity index (χ2n) is 15.0. The minimum atomic E-state index is -1.20. The fourth-order valence-corrected chi connectivity index (χ4v) is 7.69. The van der Waals surface area contributed by atoms with Gasteiger partial charge in [-0.1, -0.05) is 62.4 Å². The van der Waals surface area contributed by atoms with Crippen LogP contribution in [0.3, 0.4) is 0 Å². The smallest absolute Gasteiger partial charge is 0.405 e. The molecule has 2 aromatic carbocycles. The Morgan fingerprint density at radius 2 is 1.19 bits per heavy atom. The first-order valence-electron chi connectivity index (χ1n) is 18.6. The summed E-state index contributed by atoms with van der Waals surface area (Å²) >= 11 is 0. The van der Waals surface area contributed by atoms with Gasteiger partial charge in [0.2, 0.25) is 11.8 Å². The van der Waals surface area contributed by atoms with Crippen molar-refractivity contribution in [2.24, 2.45) is 5.92 Å². The summed E-state index contributed by atoms with van der Waals surface area (Å²) in [4.78, 5) is 60.3. The Morgan fingerprint density at radius 3 is 1.63 bits per heavy atom. The molecule has 0 aliphatic carbocycles. The van der Waals surface area contributed by atoms with E-state index in [1.165, 1.54) is 0 Å². The standard InChI is InChI=1S/C40H52N8O4/c1-24(2)36(45-40(51)52)39(50)47-20-8-10-34(47)38-42-22-32(44-38)30-17-13-28(14-18-30)27-11-15-29(16-12-27)31-21-41-37(43-31)33-9-7-19-46(33)35(49)23-48(25(3)4)26(5)6/h11-18,21-22,24-26,33-34,36,45H,7-10,19-20,23H2,1-6H3,(H,41,43)(H,42,44)(H,51,52)/t33-,34-,36-/m0/s1. The highest BCUT2D eigenvalue weighted by molar-refractivity contribution is 5.86. The molecular weight excluding hydrogens is 656 g/mol. The highest BCUT2D eigenvalue weighted by Crippen LogP contribution is 2.35. The van der Waals surface area contributed by atoms with Crippen molar-refractivity contribution in [3.8, 4) is 33.6 Å². The quantitative estimate of drug-likeness (QED) is 0.125. The van der Waals surface area contributed by atoms with Gasteiger partial charge in [-0.05, 0) is 81.5 Å². The number of carbonyl (C=O) groups is 3. The molecule has 2 aromatic heterocycles. The average molecular weight is 709 g/mol. The summed E-state index contributed by atoms with van der Waals surface area (Å²) < 4.78 is 0. The maximum absolute atomic E-state index is 13.4. The van der Waals surface area contributed by atoms with Crippen LogP contribution in [0.2, 0.25) is 0 Å². The average Bonchev–Trinajstić information content (AvgIpc) is 3.95. The van der Waals surface area contributed by atoms with Crippen molar-refractivity contribution in [3.05, 3.63) is 72.6 Å². The number of hydrogen-bond acceptors (Lipinski definition) is 6. The lowest BCUT2D eigenvalue weighted by atomic mass is 10.0. The maximum Gasteiger partial charge on any atom is 0.405 e. The molecule has 0 spiro atoms. The number of amides is 3. The first-order chi connectivity index (χ1) is 24.9. The number of carbonyl (C=O) groups excluding carboxylic acids is 2. The summed E-state index contributed by atoms with van der Waals surface area (Å²) in [7, 11) is 0. The summed E-state index contributed by atoms with van der Waals surface area (Å²) in [5.74, 6) is 1.31. The lowest BCUT2D eigenvalue weighted by molar-refractivity contribution is -0.135. The van der Waals surface area contributed by atoms with Gasteiger partial charge in [-0.2, -0.15) is 0 Å². The fourth-order valence-electron chi connectivity index (χ4n) is 7.69. The Morgan fingerprint density at radius 1 is 0.750 bits per heavy atom. The third-order valence-electron chi connectivity index (χ3n) is 10.5. The third-order valence-corrected chi connectivity index (χ3v) is 10.5. The molecule has 2 aliphatic heterocycles. The predicted molar refractivity (Wildman–Crippen MR) is 201 cm³/mol. The molecule has 12 heteroatoms. The summed E-state index contributed by atoms with van der Waals surface area (Å²) in [5.41, 5.74) is 5.96. The Labute approximate surface area is 306 Å². The van der Waals surface area contributed by atoms with Gasteiger partial charge in [-0.3, -0.25) is 14.5 Å². The summed E-state index contributed by atoms with van der Waals surface area (Å²) in [6.07, 6.45) is 5.92. The molecule has 52 heavy (non-hydrogen) atoms. The number of nitrogens with one attached hydrogen (secondary N) is 3. The number of likely N-dealkylation sites (tertiary alicyclic amines) is 2. The van der Waals surface area contributed by atoms with Crippen LogP contribution in [0, 0.1) is 5.92 Å². The number of H-pyrrole nitrogens is 2. The molecule has 4 aromatic rings. The number of imidazole rings is 2. The van der Waals surface area contributed by atoms with Crippen LogP contribution in [-0.4, -0.2) is 95.4 Å². The molecule has 2 fully saturated rings. The Hall–Kier alpha value is -4.97.